The average Bonchev–Trinajstić information content (AvgIpc) is 2.29. The van der Waals surface area contributed by atoms with Gasteiger partial charge >= 0.3 is 0 Å². The van der Waals surface area contributed by atoms with Gasteiger partial charge in [-0.25, -0.2) is 8.42 Å². The van der Waals surface area contributed by atoms with Gasteiger partial charge in [0.2, 0.25) is 9.84 Å². The fourth-order valence-corrected chi connectivity index (χ4v) is 4.43. The predicted octanol–water partition coefficient (Wildman–Crippen LogP) is 3.06. The lowest BCUT2D eigenvalue weighted by atomic mass is 10.2. The van der Waals surface area contributed by atoms with E-state index in [1.807, 2.05) is 13.0 Å². The van der Waals surface area contributed by atoms with Crippen LogP contribution in [0.25, 0.3) is 0 Å². The summed E-state index contributed by atoms with van der Waals surface area (Å²) in [6.45, 7) is 2.42. The quantitative estimate of drug-likeness (QED) is 0.841. The second-order valence-corrected chi connectivity index (χ2v) is 7.31. The number of sulfone groups is 1. The second-order valence-electron chi connectivity index (χ2n) is 4.31. The smallest absolute Gasteiger partial charge is 0.205 e. The van der Waals surface area contributed by atoms with Gasteiger partial charge in [0.05, 0.1) is 4.90 Å². The maximum Gasteiger partial charge on any atom is 0.205 e. The van der Waals surface area contributed by atoms with Crippen LogP contribution < -0.4 is 0 Å². The van der Waals surface area contributed by atoms with Crippen LogP contribution >= 0.6 is 15.9 Å². The Hall–Kier alpha value is -0.390. The Morgan fingerprint density at radius 3 is 2.65 bits per heavy atom. The highest BCUT2D eigenvalue weighted by atomic mass is 79.9. The molecule has 17 heavy (non-hydrogen) atoms. The van der Waals surface area contributed by atoms with Crippen LogP contribution in [0.2, 0.25) is 0 Å². The average molecular weight is 319 g/mol. The monoisotopic (exact) mass is 318 g/mol. The Morgan fingerprint density at radius 1 is 1.29 bits per heavy atom. The normalized spacial score (nSPS) is 21.4. The maximum absolute atomic E-state index is 12.3. The van der Waals surface area contributed by atoms with Gasteiger partial charge in [0.1, 0.15) is 0 Å². The van der Waals surface area contributed by atoms with E-state index in [-0.39, 0.29) is 0 Å². The lowest BCUT2D eigenvalue weighted by Crippen LogP contribution is -2.28. The molecular formula is C12H15BrO3S. The van der Waals surface area contributed by atoms with E-state index >= 15 is 0 Å². The van der Waals surface area contributed by atoms with Crippen LogP contribution in [0.15, 0.2) is 27.6 Å². The molecule has 94 valence electrons. The van der Waals surface area contributed by atoms with E-state index in [4.69, 9.17) is 4.74 Å². The molecule has 1 aromatic carbocycles. The fourth-order valence-electron chi connectivity index (χ4n) is 1.97. The third kappa shape index (κ3) is 2.89. The summed E-state index contributed by atoms with van der Waals surface area (Å²) < 4.78 is 30.8. The third-order valence-electron chi connectivity index (χ3n) is 2.83. The Labute approximate surface area is 110 Å². The standard InChI is InChI=1S/C12H15BrO3S/c1-9-6-10(13)8-11(7-9)17(14,15)12-4-2-3-5-16-12/h6-8,12H,2-5H2,1H3. The molecule has 0 saturated carbocycles. The van der Waals surface area contributed by atoms with Gasteiger partial charge in [-0.15, -0.1) is 0 Å². The molecule has 0 aromatic heterocycles. The fraction of sp³-hybridized carbons (Fsp3) is 0.500. The van der Waals surface area contributed by atoms with Gasteiger partial charge in [-0.2, -0.15) is 0 Å². The number of hydrogen-bond acceptors (Lipinski definition) is 3. The summed E-state index contributed by atoms with van der Waals surface area (Å²) in [5.41, 5.74) is 0.249. The van der Waals surface area contributed by atoms with Crippen molar-refractivity contribution in [2.24, 2.45) is 0 Å². The highest BCUT2D eigenvalue weighted by Crippen LogP contribution is 2.27. The lowest BCUT2D eigenvalue weighted by molar-refractivity contribution is 0.0661. The van der Waals surface area contributed by atoms with Crippen molar-refractivity contribution in [1.29, 1.82) is 0 Å². The van der Waals surface area contributed by atoms with Gasteiger partial charge in [-0.3, -0.25) is 0 Å². The molecule has 1 saturated heterocycles. The van der Waals surface area contributed by atoms with Crippen molar-refractivity contribution in [3.8, 4) is 0 Å². The predicted molar refractivity (Wildman–Crippen MR) is 69.7 cm³/mol. The minimum absolute atomic E-state index is 0.344. The summed E-state index contributed by atoms with van der Waals surface area (Å²) in [5, 5.41) is 0. The Balaban J connectivity index is 2.36. The topological polar surface area (TPSA) is 43.4 Å². The molecule has 1 fully saturated rings. The molecule has 0 bridgehead atoms. The van der Waals surface area contributed by atoms with Crippen LogP contribution in [0.4, 0.5) is 0 Å². The first-order valence-corrected chi connectivity index (χ1v) is 7.97. The number of rotatable bonds is 2. The zero-order valence-corrected chi connectivity index (χ0v) is 12.1. The molecular weight excluding hydrogens is 304 g/mol. The van der Waals surface area contributed by atoms with Crippen molar-refractivity contribution in [3.63, 3.8) is 0 Å². The zero-order valence-electron chi connectivity index (χ0n) is 9.65. The second kappa shape index (κ2) is 5.08. The van der Waals surface area contributed by atoms with Gasteiger partial charge in [0, 0.05) is 11.1 Å². The molecule has 5 heteroatoms. The minimum atomic E-state index is -3.36. The summed E-state index contributed by atoms with van der Waals surface area (Å²) in [7, 11) is -3.36. The highest BCUT2D eigenvalue weighted by molar-refractivity contribution is 9.10. The summed E-state index contributed by atoms with van der Waals surface area (Å²) in [4.78, 5) is 0.344. The van der Waals surface area contributed by atoms with Gasteiger partial charge in [-0.1, -0.05) is 15.9 Å². The zero-order chi connectivity index (χ0) is 12.5. The van der Waals surface area contributed by atoms with E-state index in [1.54, 1.807) is 12.1 Å². The number of ether oxygens (including phenoxy) is 1. The number of halogens is 1. The molecule has 1 unspecified atom stereocenters. The van der Waals surface area contributed by atoms with E-state index in [0.717, 1.165) is 22.9 Å². The molecule has 3 nitrogen and oxygen atoms in total. The molecule has 0 spiro atoms. The summed E-state index contributed by atoms with van der Waals surface area (Å²) in [6.07, 6.45) is 2.45. The van der Waals surface area contributed by atoms with Crippen molar-refractivity contribution in [2.75, 3.05) is 6.61 Å². The Bertz CT molecular complexity index is 484. The van der Waals surface area contributed by atoms with Gasteiger partial charge < -0.3 is 4.74 Å². The third-order valence-corrected chi connectivity index (χ3v) is 5.24. The van der Waals surface area contributed by atoms with Crippen molar-refractivity contribution in [1.82, 2.24) is 0 Å². The van der Waals surface area contributed by atoms with Crippen LogP contribution in [-0.4, -0.2) is 20.5 Å². The van der Waals surface area contributed by atoms with Crippen LogP contribution in [0.5, 0.6) is 0 Å². The molecule has 1 aliphatic heterocycles. The molecule has 0 N–H and O–H groups in total. The first-order valence-electron chi connectivity index (χ1n) is 5.63. The first-order chi connectivity index (χ1) is 8.00. The van der Waals surface area contributed by atoms with Crippen LogP contribution in [0.3, 0.4) is 0 Å². The minimum Gasteiger partial charge on any atom is -0.362 e. The van der Waals surface area contributed by atoms with Gasteiger partial charge in [0.25, 0.3) is 0 Å². The maximum atomic E-state index is 12.3. The summed E-state index contributed by atoms with van der Waals surface area (Å²) >= 11 is 3.32. The van der Waals surface area contributed by atoms with Crippen LogP contribution in [0.1, 0.15) is 24.8 Å². The van der Waals surface area contributed by atoms with Crippen molar-refractivity contribution < 1.29 is 13.2 Å². The van der Waals surface area contributed by atoms with Crippen molar-refractivity contribution >= 4 is 25.8 Å². The molecule has 0 amide bonds. The van der Waals surface area contributed by atoms with Crippen molar-refractivity contribution in [2.45, 2.75) is 36.5 Å². The van der Waals surface area contributed by atoms with E-state index < -0.39 is 15.3 Å². The molecule has 2 rings (SSSR count). The van der Waals surface area contributed by atoms with Crippen LogP contribution in [0, 0.1) is 6.92 Å². The number of benzene rings is 1. The number of hydrogen-bond donors (Lipinski definition) is 0. The molecule has 0 aliphatic carbocycles. The van der Waals surface area contributed by atoms with E-state index in [0.29, 0.717) is 17.9 Å². The van der Waals surface area contributed by atoms with Crippen LogP contribution in [-0.2, 0) is 14.6 Å². The Kier molecular flexibility index (Phi) is 3.90. The SMILES string of the molecule is Cc1cc(Br)cc(S(=O)(=O)C2CCCCO2)c1. The number of aryl methyl sites for hydroxylation is 1. The molecule has 1 aromatic rings. The Morgan fingerprint density at radius 2 is 2.06 bits per heavy atom. The molecule has 1 atom stereocenters. The van der Waals surface area contributed by atoms with Gasteiger partial charge in [-0.05, 0) is 49.9 Å². The highest BCUT2D eigenvalue weighted by Gasteiger charge is 2.30. The summed E-state index contributed by atoms with van der Waals surface area (Å²) in [6, 6.07) is 5.22. The van der Waals surface area contributed by atoms with E-state index in [1.165, 1.54) is 0 Å². The van der Waals surface area contributed by atoms with E-state index in [9.17, 15) is 8.42 Å². The molecule has 1 aliphatic rings. The van der Waals surface area contributed by atoms with E-state index in [2.05, 4.69) is 15.9 Å². The molecule has 0 radical (unpaired) electrons. The largest absolute Gasteiger partial charge is 0.362 e. The van der Waals surface area contributed by atoms with Gasteiger partial charge in [0.15, 0.2) is 5.44 Å². The molecule has 1 heterocycles. The lowest BCUT2D eigenvalue weighted by Gasteiger charge is -2.22. The summed E-state index contributed by atoms with van der Waals surface area (Å²) in [5.74, 6) is 0. The van der Waals surface area contributed by atoms with Crippen molar-refractivity contribution in [3.05, 3.63) is 28.2 Å². The first kappa shape index (κ1) is 13.1.